The minimum absolute atomic E-state index is 0.195. The lowest BCUT2D eigenvalue weighted by Gasteiger charge is -2.12. The van der Waals surface area contributed by atoms with E-state index in [-0.39, 0.29) is 5.75 Å². The van der Waals surface area contributed by atoms with Crippen molar-refractivity contribution in [2.24, 2.45) is 0 Å². The van der Waals surface area contributed by atoms with E-state index in [2.05, 4.69) is 5.32 Å². The second-order valence-corrected chi connectivity index (χ2v) is 3.85. The van der Waals surface area contributed by atoms with E-state index in [9.17, 15) is 5.11 Å². The van der Waals surface area contributed by atoms with Gasteiger partial charge in [-0.15, -0.1) is 0 Å². The number of anilines is 1. The number of para-hydroxylation sites is 1. The lowest BCUT2D eigenvalue weighted by Crippen LogP contribution is -2.24. The number of nitrogens with two attached hydrogens (primary N) is 1. The first-order valence-corrected chi connectivity index (χ1v) is 5.07. The molecular weight excluding hydrogens is 176 g/mol. The highest BCUT2D eigenvalue weighted by molar-refractivity contribution is 5.57. The molecule has 0 radical (unpaired) electrons. The number of nitrogens with one attached hydrogen (secondary N) is 1. The van der Waals surface area contributed by atoms with E-state index in [0.29, 0.717) is 11.7 Å². The molecule has 76 valence electrons. The summed E-state index contributed by atoms with van der Waals surface area (Å²) < 4.78 is 0. The maximum atomic E-state index is 9.43. The Morgan fingerprint density at radius 3 is 3.07 bits per heavy atom. The minimum atomic E-state index is 0.195. The van der Waals surface area contributed by atoms with Crippen LogP contribution in [-0.2, 0) is 6.42 Å². The van der Waals surface area contributed by atoms with Gasteiger partial charge in [-0.2, -0.15) is 0 Å². The molecule has 0 spiro atoms. The predicted octanol–water partition coefficient (Wildman–Crippen LogP) is 1.27. The van der Waals surface area contributed by atoms with E-state index in [1.807, 2.05) is 12.1 Å². The first kappa shape index (κ1) is 9.34. The smallest absolute Gasteiger partial charge is 0.138 e. The number of phenolic OH excluding ortho intramolecular Hbond substituents is 1. The summed E-state index contributed by atoms with van der Waals surface area (Å²) in [7, 11) is 0. The van der Waals surface area contributed by atoms with Gasteiger partial charge >= 0.3 is 0 Å². The average molecular weight is 192 g/mol. The van der Waals surface area contributed by atoms with Crippen LogP contribution in [0.15, 0.2) is 18.2 Å². The Balaban J connectivity index is 2.11. The molecule has 1 aliphatic rings. The Hall–Kier alpha value is -1.22. The number of hydrogen-bond acceptors (Lipinski definition) is 3. The fourth-order valence-electron chi connectivity index (χ4n) is 1.97. The van der Waals surface area contributed by atoms with Crippen LogP contribution >= 0.6 is 0 Å². The highest BCUT2D eigenvalue weighted by Gasteiger charge is 2.16. The zero-order valence-electron chi connectivity index (χ0n) is 8.16. The van der Waals surface area contributed by atoms with Crippen molar-refractivity contribution in [3.8, 4) is 5.75 Å². The van der Waals surface area contributed by atoms with E-state index >= 15 is 0 Å². The van der Waals surface area contributed by atoms with Gasteiger partial charge in [-0.05, 0) is 37.4 Å². The van der Waals surface area contributed by atoms with Crippen molar-refractivity contribution >= 4 is 5.69 Å². The topological polar surface area (TPSA) is 58.3 Å². The molecule has 1 unspecified atom stereocenters. The van der Waals surface area contributed by atoms with E-state index in [4.69, 9.17) is 5.73 Å². The fraction of sp³-hybridized carbons (Fsp3) is 0.455. The number of rotatable bonds is 2. The number of hydrogen-bond donors (Lipinski definition) is 3. The van der Waals surface area contributed by atoms with E-state index in [0.717, 1.165) is 18.5 Å². The summed E-state index contributed by atoms with van der Waals surface area (Å²) in [5, 5.41) is 12.8. The average Bonchev–Trinajstić information content (AvgIpc) is 2.66. The van der Waals surface area contributed by atoms with Gasteiger partial charge in [-0.25, -0.2) is 0 Å². The van der Waals surface area contributed by atoms with Gasteiger partial charge in [0.05, 0.1) is 5.69 Å². The van der Waals surface area contributed by atoms with Gasteiger partial charge in [0.1, 0.15) is 5.75 Å². The van der Waals surface area contributed by atoms with Crippen molar-refractivity contribution in [2.45, 2.75) is 25.3 Å². The summed E-state index contributed by atoms with van der Waals surface area (Å²) in [6.07, 6.45) is 3.36. The molecule has 0 amide bonds. The number of nitrogen functional groups attached to an aromatic ring is 1. The highest BCUT2D eigenvalue weighted by Crippen LogP contribution is 2.25. The third kappa shape index (κ3) is 1.82. The summed E-state index contributed by atoms with van der Waals surface area (Å²) in [4.78, 5) is 0. The Labute approximate surface area is 83.9 Å². The van der Waals surface area contributed by atoms with Gasteiger partial charge in [-0.3, -0.25) is 0 Å². The Kier molecular flexibility index (Phi) is 2.59. The van der Waals surface area contributed by atoms with Crippen LogP contribution in [-0.4, -0.2) is 17.7 Å². The molecule has 1 heterocycles. The van der Waals surface area contributed by atoms with Gasteiger partial charge in [0.25, 0.3) is 0 Å². The first-order chi connectivity index (χ1) is 6.77. The maximum absolute atomic E-state index is 9.43. The summed E-state index contributed by atoms with van der Waals surface area (Å²) >= 11 is 0. The van der Waals surface area contributed by atoms with Crippen molar-refractivity contribution in [1.29, 1.82) is 0 Å². The molecule has 0 aliphatic carbocycles. The largest absolute Gasteiger partial charge is 0.506 e. The van der Waals surface area contributed by atoms with E-state index in [1.54, 1.807) is 6.07 Å². The van der Waals surface area contributed by atoms with Gasteiger partial charge in [0.2, 0.25) is 0 Å². The Morgan fingerprint density at radius 1 is 1.50 bits per heavy atom. The third-order valence-electron chi connectivity index (χ3n) is 2.80. The zero-order valence-corrected chi connectivity index (χ0v) is 8.16. The highest BCUT2D eigenvalue weighted by atomic mass is 16.3. The van der Waals surface area contributed by atoms with Crippen LogP contribution in [0, 0.1) is 0 Å². The molecule has 4 N–H and O–H groups in total. The molecule has 1 atom stereocenters. The molecule has 2 rings (SSSR count). The van der Waals surface area contributed by atoms with Crippen molar-refractivity contribution in [2.75, 3.05) is 12.3 Å². The fourth-order valence-corrected chi connectivity index (χ4v) is 1.97. The molecular formula is C11H16N2O. The van der Waals surface area contributed by atoms with Crippen molar-refractivity contribution in [1.82, 2.24) is 5.32 Å². The van der Waals surface area contributed by atoms with Gasteiger partial charge in [0.15, 0.2) is 0 Å². The second-order valence-electron chi connectivity index (χ2n) is 3.85. The molecule has 1 fully saturated rings. The number of benzene rings is 1. The molecule has 0 bridgehead atoms. The molecule has 1 saturated heterocycles. The monoisotopic (exact) mass is 192 g/mol. The number of aromatic hydroxyl groups is 1. The van der Waals surface area contributed by atoms with Crippen LogP contribution in [0.5, 0.6) is 5.75 Å². The number of phenols is 1. The van der Waals surface area contributed by atoms with Crippen LogP contribution in [0.3, 0.4) is 0 Å². The molecule has 3 nitrogen and oxygen atoms in total. The van der Waals surface area contributed by atoms with E-state index < -0.39 is 0 Å². The SMILES string of the molecule is Nc1c(O)cccc1CC1CCCN1. The molecule has 0 saturated carbocycles. The lowest BCUT2D eigenvalue weighted by molar-refractivity contribution is 0.476. The summed E-state index contributed by atoms with van der Waals surface area (Å²) in [6, 6.07) is 5.98. The van der Waals surface area contributed by atoms with Crippen LogP contribution < -0.4 is 11.1 Å². The molecule has 0 aromatic heterocycles. The zero-order chi connectivity index (χ0) is 9.97. The first-order valence-electron chi connectivity index (χ1n) is 5.07. The quantitative estimate of drug-likeness (QED) is 0.488. The Bertz CT molecular complexity index is 319. The van der Waals surface area contributed by atoms with Crippen LogP contribution in [0.2, 0.25) is 0 Å². The molecule has 14 heavy (non-hydrogen) atoms. The van der Waals surface area contributed by atoms with Crippen molar-refractivity contribution < 1.29 is 5.11 Å². The normalized spacial score (nSPS) is 21.3. The standard InChI is InChI=1S/C11H16N2O/c12-11-8(3-1-5-10(11)14)7-9-4-2-6-13-9/h1,3,5,9,13-14H,2,4,6-7,12H2. The van der Waals surface area contributed by atoms with Crippen LogP contribution in [0.25, 0.3) is 0 Å². The molecule has 1 aliphatic heterocycles. The molecule has 1 aromatic rings. The van der Waals surface area contributed by atoms with Gasteiger partial charge in [0, 0.05) is 6.04 Å². The van der Waals surface area contributed by atoms with Gasteiger partial charge < -0.3 is 16.2 Å². The van der Waals surface area contributed by atoms with Crippen molar-refractivity contribution in [3.63, 3.8) is 0 Å². The second kappa shape index (κ2) is 3.88. The molecule has 1 aromatic carbocycles. The van der Waals surface area contributed by atoms with Crippen LogP contribution in [0.1, 0.15) is 18.4 Å². The summed E-state index contributed by atoms with van der Waals surface area (Å²) in [5.41, 5.74) is 7.36. The van der Waals surface area contributed by atoms with Crippen LogP contribution in [0.4, 0.5) is 5.69 Å². The lowest BCUT2D eigenvalue weighted by atomic mass is 10.0. The van der Waals surface area contributed by atoms with E-state index in [1.165, 1.54) is 12.8 Å². The van der Waals surface area contributed by atoms with Crippen molar-refractivity contribution in [3.05, 3.63) is 23.8 Å². The minimum Gasteiger partial charge on any atom is -0.506 e. The molecule has 3 heteroatoms. The van der Waals surface area contributed by atoms with Gasteiger partial charge in [-0.1, -0.05) is 12.1 Å². The third-order valence-corrected chi connectivity index (χ3v) is 2.80. The predicted molar refractivity (Wildman–Crippen MR) is 57.2 cm³/mol. The summed E-state index contributed by atoms with van der Waals surface area (Å²) in [5.74, 6) is 0.195. The maximum Gasteiger partial charge on any atom is 0.138 e. The Morgan fingerprint density at radius 2 is 2.36 bits per heavy atom. The summed E-state index contributed by atoms with van der Waals surface area (Å²) in [6.45, 7) is 1.10.